The lowest BCUT2D eigenvalue weighted by Gasteiger charge is -2.24. The molecule has 7 heteroatoms. The average molecular weight is 336 g/mol. The van der Waals surface area contributed by atoms with Crippen molar-refractivity contribution in [2.24, 2.45) is 0 Å². The molecule has 0 radical (unpaired) electrons. The van der Waals surface area contributed by atoms with Gasteiger partial charge in [0.25, 0.3) is 0 Å². The van der Waals surface area contributed by atoms with E-state index in [-0.39, 0.29) is 15.5 Å². The predicted octanol–water partition coefficient (Wildman–Crippen LogP) is 2.93. The van der Waals surface area contributed by atoms with Crippen molar-refractivity contribution in [3.05, 3.63) is 28.5 Å². The minimum Gasteiger partial charge on any atom is -0.392 e. The van der Waals surface area contributed by atoms with Crippen molar-refractivity contribution in [1.29, 1.82) is 0 Å². The van der Waals surface area contributed by atoms with E-state index in [0.717, 1.165) is 38.2 Å². The second-order valence-corrected chi connectivity index (χ2v) is 7.52. The van der Waals surface area contributed by atoms with Gasteiger partial charge in [0.05, 0.1) is 16.5 Å². The van der Waals surface area contributed by atoms with Crippen molar-refractivity contribution in [1.82, 2.24) is 4.31 Å². The number of halogens is 2. The number of aliphatic hydroxyl groups excluding tert-OH is 1. The van der Waals surface area contributed by atoms with Crippen LogP contribution in [0.4, 0.5) is 4.39 Å². The van der Waals surface area contributed by atoms with E-state index in [9.17, 15) is 12.8 Å². The largest absolute Gasteiger partial charge is 0.392 e. The fraction of sp³-hybridized carbons (Fsp3) is 0.571. The van der Waals surface area contributed by atoms with Crippen molar-refractivity contribution < 1.29 is 17.9 Å². The van der Waals surface area contributed by atoms with Crippen LogP contribution in [-0.4, -0.2) is 30.9 Å². The lowest BCUT2D eigenvalue weighted by Crippen LogP contribution is -2.34. The highest BCUT2D eigenvalue weighted by atomic mass is 35.5. The van der Waals surface area contributed by atoms with Gasteiger partial charge in [-0.15, -0.1) is 0 Å². The molecule has 2 rings (SSSR count). The Labute approximate surface area is 129 Å². The maximum atomic E-state index is 13.7. The van der Waals surface area contributed by atoms with Gasteiger partial charge in [0.1, 0.15) is 5.82 Å². The molecule has 1 aromatic carbocycles. The van der Waals surface area contributed by atoms with Crippen molar-refractivity contribution >= 4 is 21.6 Å². The number of nitrogens with zero attached hydrogens (tertiary/aromatic N) is 1. The zero-order valence-corrected chi connectivity index (χ0v) is 13.3. The van der Waals surface area contributed by atoms with Gasteiger partial charge in [-0.05, 0) is 25.0 Å². The van der Waals surface area contributed by atoms with Crippen LogP contribution in [0.1, 0.15) is 37.7 Å². The Bertz CT molecular complexity index is 598. The van der Waals surface area contributed by atoms with Crippen LogP contribution in [0, 0.1) is 5.82 Å². The molecule has 1 N–H and O–H groups in total. The van der Waals surface area contributed by atoms with Crippen LogP contribution in [0.25, 0.3) is 0 Å². The van der Waals surface area contributed by atoms with E-state index in [1.165, 1.54) is 10.4 Å². The molecule has 1 aliphatic rings. The van der Waals surface area contributed by atoms with Gasteiger partial charge in [-0.3, -0.25) is 0 Å². The van der Waals surface area contributed by atoms with Gasteiger partial charge in [0.15, 0.2) is 0 Å². The normalized spacial score (nSPS) is 18.2. The van der Waals surface area contributed by atoms with E-state index in [4.69, 9.17) is 16.7 Å². The molecule has 0 bridgehead atoms. The standard InChI is InChI=1S/C14H19ClFNO3S/c15-14-11(10-18)8-12(9-13(14)16)21(19,20)17-6-4-2-1-3-5-7-17/h8-9,18H,1-7,10H2. The summed E-state index contributed by atoms with van der Waals surface area (Å²) in [7, 11) is -3.75. The molecule has 0 unspecified atom stereocenters. The van der Waals surface area contributed by atoms with Crippen LogP contribution in [-0.2, 0) is 16.6 Å². The van der Waals surface area contributed by atoms with Crippen LogP contribution >= 0.6 is 11.6 Å². The lowest BCUT2D eigenvalue weighted by molar-refractivity contribution is 0.281. The second kappa shape index (κ2) is 7.05. The summed E-state index contributed by atoms with van der Waals surface area (Å²) in [6.45, 7) is 0.390. The summed E-state index contributed by atoms with van der Waals surface area (Å²) in [4.78, 5) is -0.144. The average Bonchev–Trinajstić information content (AvgIpc) is 2.40. The smallest absolute Gasteiger partial charge is 0.243 e. The SMILES string of the molecule is O=S(=O)(c1cc(F)c(Cl)c(CO)c1)N1CCCCCCC1. The Kier molecular flexibility index (Phi) is 5.60. The molecule has 1 heterocycles. The summed E-state index contributed by atoms with van der Waals surface area (Å²) in [5.41, 5.74) is 0.0854. The van der Waals surface area contributed by atoms with Crippen LogP contribution in [0.2, 0.25) is 5.02 Å². The highest BCUT2D eigenvalue weighted by Crippen LogP contribution is 2.27. The molecule has 0 aromatic heterocycles. The zero-order valence-electron chi connectivity index (χ0n) is 11.7. The first-order chi connectivity index (χ1) is 9.96. The van der Waals surface area contributed by atoms with Gasteiger partial charge in [0.2, 0.25) is 10.0 Å². The highest BCUT2D eigenvalue weighted by Gasteiger charge is 2.26. The first-order valence-electron chi connectivity index (χ1n) is 7.05. The second-order valence-electron chi connectivity index (χ2n) is 5.21. The summed E-state index contributed by atoms with van der Waals surface area (Å²) in [5.74, 6) is -0.825. The first kappa shape index (κ1) is 16.7. The number of hydrogen-bond acceptors (Lipinski definition) is 3. The van der Waals surface area contributed by atoms with Gasteiger partial charge < -0.3 is 5.11 Å². The van der Waals surface area contributed by atoms with E-state index < -0.39 is 22.4 Å². The summed E-state index contributed by atoms with van der Waals surface area (Å²) < 4.78 is 40.4. The minimum atomic E-state index is -3.75. The molecule has 118 valence electrons. The predicted molar refractivity (Wildman–Crippen MR) is 79.2 cm³/mol. The molecule has 0 saturated carbocycles. The molecule has 0 atom stereocenters. The van der Waals surface area contributed by atoms with Crippen molar-refractivity contribution in [3.8, 4) is 0 Å². The molecule has 21 heavy (non-hydrogen) atoms. The molecule has 0 aliphatic carbocycles. The monoisotopic (exact) mass is 335 g/mol. The van der Waals surface area contributed by atoms with Gasteiger partial charge >= 0.3 is 0 Å². The maximum Gasteiger partial charge on any atom is 0.243 e. The molecule has 0 spiro atoms. The van der Waals surface area contributed by atoms with E-state index in [0.29, 0.717) is 13.1 Å². The van der Waals surface area contributed by atoms with Gasteiger partial charge in [0, 0.05) is 18.7 Å². The molecule has 0 amide bonds. The maximum absolute atomic E-state index is 13.7. The Hall–Kier alpha value is -0.690. The third kappa shape index (κ3) is 3.74. The summed E-state index contributed by atoms with van der Waals surface area (Å²) in [6, 6.07) is 2.18. The summed E-state index contributed by atoms with van der Waals surface area (Å²) >= 11 is 5.71. The van der Waals surface area contributed by atoms with Crippen LogP contribution in [0.5, 0.6) is 0 Å². The lowest BCUT2D eigenvalue weighted by atomic mass is 10.1. The van der Waals surface area contributed by atoms with Crippen molar-refractivity contribution in [2.75, 3.05) is 13.1 Å². The van der Waals surface area contributed by atoms with Crippen LogP contribution in [0.15, 0.2) is 17.0 Å². The van der Waals surface area contributed by atoms with E-state index in [1.807, 2.05) is 0 Å². The number of sulfonamides is 1. The van der Waals surface area contributed by atoms with Crippen LogP contribution < -0.4 is 0 Å². The topological polar surface area (TPSA) is 57.6 Å². The molecule has 1 saturated heterocycles. The van der Waals surface area contributed by atoms with Crippen molar-refractivity contribution in [2.45, 2.75) is 43.6 Å². The summed E-state index contributed by atoms with van der Waals surface area (Å²) in [5, 5.41) is 8.93. The Morgan fingerprint density at radius 2 is 1.71 bits per heavy atom. The third-order valence-electron chi connectivity index (χ3n) is 3.70. The van der Waals surface area contributed by atoms with E-state index in [2.05, 4.69) is 0 Å². The number of hydrogen-bond donors (Lipinski definition) is 1. The zero-order chi connectivity index (χ0) is 15.5. The van der Waals surface area contributed by atoms with Gasteiger partial charge in [-0.25, -0.2) is 12.8 Å². The van der Waals surface area contributed by atoms with Crippen molar-refractivity contribution in [3.63, 3.8) is 0 Å². The fourth-order valence-corrected chi connectivity index (χ4v) is 4.24. The molecule has 4 nitrogen and oxygen atoms in total. The highest BCUT2D eigenvalue weighted by molar-refractivity contribution is 7.89. The fourth-order valence-electron chi connectivity index (χ4n) is 2.49. The van der Waals surface area contributed by atoms with Gasteiger partial charge in [-0.1, -0.05) is 30.9 Å². The number of benzene rings is 1. The van der Waals surface area contributed by atoms with E-state index >= 15 is 0 Å². The Balaban J connectivity index is 2.36. The molecular formula is C14H19ClFNO3S. The van der Waals surface area contributed by atoms with Gasteiger partial charge in [-0.2, -0.15) is 4.31 Å². The number of aliphatic hydroxyl groups is 1. The molecule has 1 aromatic rings. The van der Waals surface area contributed by atoms with E-state index in [1.54, 1.807) is 0 Å². The molecule has 1 fully saturated rings. The quantitative estimate of drug-likeness (QED) is 0.924. The minimum absolute atomic E-state index is 0.0854. The first-order valence-corrected chi connectivity index (χ1v) is 8.87. The Morgan fingerprint density at radius 3 is 2.29 bits per heavy atom. The van der Waals surface area contributed by atoms with Crippen LogP contribution in [0.3, 0.4) is 0 Å². The Morgan fingerprint density at radius 1 is 1.14 bits per heavy atom. The molecular weight excluding hydrogens is 317 g/mol. The third-order valence-corrected chi connectivity index (χ3v) is 6.00. The molecule has 1 aliphatic heterocycles. The number of rotatable bonds is 3. The summed E-state index contributed by atoms with van der Waals surface area (Å²) in [6.07, 6.45) is 4.74.